The topological polar surface area (TPSA) is 34.8 Å². The van der Waals surface area contributed by atoms with E-state index >= 15 is 0 Å². The first kappa shape index (κ1) is 68.1. The molecule has 0 atom stereocenters. The van der Waals surface area contributed by atoms with Crippen LogP contribution in [0.2, 0.25) is 0 Å². The second-order valence-corrected chi connectivity index (χ2v) is 34.9. The minimum absolute atomic E-state index is 0.114. The van der Waals surface area contributed by atoms with Gasteiger partial charge >= 0.3 is 0 Å². The summed E-state index contributed by atoms with van der Waals surface area (Å²) in [4.78, 5) is 5.31. The van der Waals surface area contributed by atoms with E-state index < -0.39 is 0 Å². The molecule has 5 aliphatic rings. The van der Waals surface area contributed by atoms with E-state index in [0.29, 0.717) is 0 Å². The highest BCUT2D eigenvalue weighted by molar-refractivity contribution is 7.00. The number of aromatic nitrogens is 2. The number of rotatable bonds is 9. The molecule has 2 aromatic heterocycles. The minimum atomic E-state index is -0.300. The first-order valence-electron chi connectivity index (χ1n) is 41.1. The maximum Gasteiger partial charge on any atom is 0.260 e. The molecule has 0 N–H and O–H groups in total. The summed E-state index contributed by atoms with van der Waals surface area (Å²) in [5.41, 5.74) is 34.6. The van der Waals surface area contributed by atoms with Gasteiger partial charge in [-0.25, -0.2) is 0 Å². The van der Waals surface area contributed by atoms with E-state index in [0.717, 1.165) is 170 Å². The molecule has 0 spiro atoms. The predicted octanol–water partition coefficient (Wildman–Crippen LogP) is 24.7. The zero-order valence-electron chi connectivity index (χ0n) is 66.1. The summed E-state index contributed by atoms with van der Waals surface area (Å²) in [6.07, 6.45) is 2.09. The fourth-order valence-electron chi connectivity index (χ4n) is 20.6. The van der Waals surface area contributed by atoms with E-state index in [2.05, 4.69) is 413 Å². The lowest BCUT2D eigenvalue weighted by Gasteiger charge is -2.45. The lowest BCUT2D eigenvalue weighted by molar-refractivity contribution is 0.332. The Morgan fingerprint density at radius 1 is 0.302 bits per heavy atom. The van der Waals surface area contributed by atoms with Crippen LogP contribution in [0.25, 0.3) is 111 Å². The third-order valence-electron chi connectivity index (χ3n) is 26.2. The average Bonchev–Trinajstić information content (AvgIpc) is 0.722. The minimum Gasteiger partial charge on any atom is -0.458 e. The summed E-state index contributed by atoms with van der Waals surface area (Å²) in [5.74, 6) is 3.34. The van der Waals surface area contributed by atoms with Gasteiger partial charge in [0, 0.05) is 77.9 Å². The largest absolute Gasteiger partial charge is 0.458 e. The molecule has 0 saturated carbocycles. The Kier molecular flexibility index (Phi) is 15.0. The zero-order valence-corrected chi connectivity index (χ0v) is 66.1. The number of ether oxygens (including phenoxy) is 2. The SMILES string of the molecule is CC(C)(C)c1ccc2c(c1)Oc1cc(-c3cc4c5c(c3)N(c3ccccc3-c3ccccc3)c3cc(-n6c7ccccc7c7ccccc76)ccc3B5c3ccc(-n5c6ccccc6c6ccccc65)cc3N4c3cc(-c4ccccc4)cc(-c4ccccc4)c3)c(-c3cccc4c3C(C)(C)CCC4(C)C)c3c1B2c1ccccc1O3. The van der Waals surface area contributed by atoms with Crippen LogP contribution in [-0.4, -0.2) is 22.6 Å². The van der Waals surface area contributed by atoms with Crippen LogP contribution in [0.15, 0.2) is 346 Å². The maximum atomic E-state index is 7.94. The van der Waals surface area contributed by atoms with Gasteiger partial charge in [0.15, 0.2) is 0 Å². The molecule has 6 nitrogen and oxygen atoms in total. The molecule has 0 bridgehead atoms. The molecule has 0 unspecified atom stereocenters. The third-order valence-corrected chi connectivity index (χ3v) is 26.2. The Morgan fingerprint density at radius 2 is 0.784 bits per heavy atom. The van der Waals surface area contributed by atoms with E-state index in [9.17, 15) is 0 Å². The second kappa shape index (κ2) is 25.5. The van der Waals surface area contributed by atoms with Crippen LogP contribution < -0.4 is 52.1 Å². The molecule has 4 aliphatic heterocycles. The summed E-state index contributed by atoms with van der Waals surface area (Å²) in [6, 6.07) is 130. The van der Waals surface area contributed by atoms with Gasteiger partial charge in [-0.2, -0.15) is 0 Å². The molecule has 0 saturated heterocycles. The molecule has 8 heteroatoms. The quantitative estimate of drug-likeness (QED) is 0.135. The van der Waals surface area contributed by atoms with Crippen LogP contribution in [0, 0.1) is 0 Å². The van der Waals surface area contributed by atoms with Gasteiger partial charge < -0.3 is 28.4 Å². The number of hydrogen-bond donors (Lipinski definition) is 0. The van der Waals surface area contributed by atoms with Gasteiger partial charge in [0.05, 0.1) is 27.8 Å². The standard InChI is InChI=1S/C108H82B2N4O2/c1-106(2,3)73-50-53-88-99(63-73)115-100-66-83(101(105-104(100)110(88)87-43-22-28-49-98(87)116-105)82-41-29-42-84-102(82)108(6,7)57-56-107(84,4)5)72-61-96-103-97(62-72)114(89-44-23-17-36-77(89)69-34-15-10-16-35-69)95-65-75(112-92-47-26-20-39-80(92)81-40-21-27-48-93(81)112)52-55-86(95)109(103)85-54-51-74(111-90-45-24-18-37-78(90)79-38-19-25-46-91(79)111)64-94(85)113(96)76-59-70(67-30-11-8-12-31-67)58-71(60-76)68-32-13-9-14-33-68/h8-55,58-66H,56-57H2,1-7H3. The van der Waals surface area contributed by atoms with Crippen LogP contribution in [0.1, 0.15) is 78.0 Å². The van der Waals surface area contributed by atoms with Crippen molar-refractivity contribution < 1.29 is 9.47 Å². The first-order chi connectivity index (χ1) is 56.7. The molecule has 0 amide bonds. The van der Waals surface area contributed by atoms with E-state index in [-0.39, 0.29) is 29.7 Å². The van der Waals surface area contributed by atoms with Crippen molar-refractivity contribution in [1.29, 1.82) is 0 Å². The van der Waals surface area contributed by atoms with Crippen molar-refractivity contribution >= 4 is 124 Å². The molecule has 18 aromatic rings. The monoisotopic (exact) mass is 1490 g/mol. The van der Waals surface area contributed by atoms with Crippen molar-refractivity contribution in [2.45, 2.75) is 77.6 Å². The van der Waals surface area contributed by atoms with Crippen molar-refractivity contribution in [2.24, 2.45) is 0 Å². The van der Waals surface area contributed by atoms with Gasteiger partial charge in [-0.15, -0.1) is 0 Å². The van der Waals surface area contributed by atoms with Crippen LogP contribution in [0.5, 0.6) is 23.0 Å². The Hall–Kier alpha value is -13.6. The van der Waals surface area contributed by atoms with Crippen LogP contribution in [0.4, 0.5) is 34.1 Å². The van der Waals surface area contributed by atoms with Crippen molar-refractivity contribution in [3.05, 3.63) is 362 Å². The molecular weight excluding hydrogens is 1410 g/mol. The molecule has 16 aromatic carbocycles. The fraction of sp³-hybridized carbons (Fsp3) is 0.111. The second-order valence-electron chi connectivity index (χ2n) is 34.9. The summed E-state index contributed by atoms with van der Waals surface area (Å²) in [5, 5.41) is 4.85. The molecule has 1 aliphatic carbocycles. The fourth-order valence-corrected chi connectivity index (χ4v) is 20.6. The number of para-hydroxylation sites is 6. The Morgan fingerprint density at radius 3 is 1.38 bits per heavy atom. The van der Waals surface area contributed by atoms with Gasteiger partial charge in [-0.05, 0) is 221 Å². The third kappa shape index (κ3) is 10.3. The van der Waals surface area contributed by atoms with Crippen LogP contribution >= 0.6 is 0 Å². The number of anilines is 6. The summed E-state index contributed by atoms with van der Waals surface area (Å²) in [7, 11) is 0. The van der Waals surface area contributed by atoms with E-state index in [1.165, 1.54) is 60.2 Å². The molecule has 552 valence electrons. The van der Waals surface area contributed by atoms with Gasteiger partial charge in [-0.3, -0.25) is 0 Å². The van der Waals surface area contributed by atoms with Crippen LogP contribution in [0.3, 0.4) is 0 Å². The zero-order chi connectivity index (χ0) is 77.6. The van der Waals surface area contributed by atoms with E-state index in [1.807, 2.05) is 0 Å². The molecule has 0 fully saturated rings. The summed E-state index contributed by atoms with van der Waals surface area (Å²) < 4.78 is 20.7. The van der Waals surface area contributed by atoms with Crippen molar-refractivity contribution in [1.82, 2.24) is 9.13 Å². The first-order valence-corrected chi connectivity index (χ1v) is 41.1. The number of benzene rings is 16. The Bertz CT molecular complexity index is 7000. The maximum absolute atomic E-state index is 7.94. The smallest absolute Gasteiger partial charge is 0.260 e. The van der Waals surface area contributed by atoms with Gasteiger partial charge in [0.25, 0.3) is 13.4 Å². The van der Waals surface area contributed by atoms with Crippen molar-refractivity contribution in [3.8, 4) is 90.0 Å². The Balaban J connectivity index is 0.901. The molecule has 23 rings (SSSR count). The van der Waals surface area contributed by atoms with Crippen LogP contribution in [-0.2, 0) is 16.2 Å². The highest BCUT2D eigenvalue weighted by atomic mass is 16.5. The van der Waals surface area contributed by atoms with E-state index in [1.54, 1.807) is 0 Å². The number of hydrogen-bond acceptors (Lipinski definition) is 4. The van der Waals surface area contributed by atoms with Gasteiger partial charge in [0.2, 0.25) is 0 Å². The average molecular weight is 1490 g/mol. The predicted molar refractivity (Wildman–Crippen MR) is 488 cm³/mol. The lowest BCUT2D eigenvalue weighted by Crippen LogP contribution is -2.61. The summed E-state index contributed by atoms with van der Waals surface area (Å²) >= 11 is 0. The van der Waals surface area contributed by atoms with Crippen molar-refractivity contribution in [2.75, 3.05) is 9.80 Å². The highest BCUT2D eigenvalue weighted by Crippen LogP contribution is 2.57. The summed E-state index contributed by atoms with van der Waals surface area (Å²) in [6.45, 7) is 16.3. The van der Waals surface area contributed by atoms with Gasteiger partial charge in [0.1, 0.15) is 23.0 Å². The number of nitrogens with zero attached hydrogens (tertiary/aromatic N) is 4. The molecule has 6 heterocycles. The highest BCUT2D eigenvalue weighted by Gasteiger charge is 2.48. The number of fused-ring (bicyclic) bond motifs is 15. The van der Waals surface area contributed by atoms with Crippen molar-refractivity contribution in [3.63, 3.8) is 0 Å². The lowest BCUT2D eigenvalue weighted by atomic mass is 9.33. The normalized spacial score (nSPS) is 14.5. The van der Waals surface area contributed by atoms with Gasteiger partial charge in [-0.1, -0.05) is 291 Å². The molecule has 0 radical (unpaired) electrons. The van der Waals surface area contributed by atoms with E-state index in [4.69, 9.17) is 9.47 Å². The molecular formula is C108H82B2N4O2. The molecule has 116 heavy (non-hydrogen) atoms. The Labute approximate surface area is 677 Å².